The predicted octanol–water partition coefficient (Wildman–Crippen LogP) is 2.81. The van der Waals surface area contributed by atoms with Crippen molar-refractivity contribution in [3.63, 3.8) is 0 Å². The van der Waals surface area contributed by atoms with Gasteiger partial charge in [0.15, 0.2) is 0 Å². The maximum Gasteiger partial charge on any atom is 0.255 e. The van der Waals surface area contributed by atoms with E-state index in [2.05, 4.69) is 24.4 Å². The number of nitrogens with two attached hydrogens (primary N) is 1. The van der Waals surface area contributed by atoms with Crippen LogP contribution >= 0.6 is 0 Å². The molecule has 0 aliphatic rings. The molecule has 0 spiro atoms. The first kappa shape index (κ1) is 14.9. The monoisotopic (exact) mass is 284 g/mol. The van der Waals surface area contributed by atoms with E-state index in [0.29, 0.717) is 23.5 Å². The summed E-state index contributed by atoms with van der Waals surface area (Å²) in [6.07, 6.45) is 0. The second kappa shape index (κ2) is 6.79. The number of anilines is 1. The van der Waals surface area contributed by atoms with Gasteiger partial charge in [0.2, 0.25) is 0 Å². The van der Waals surface area contributed by atoms with Crippen molar-refractivity contribution < 1.29 is 9.53 Å². The molecule has 1 amide bonds. The van der Waals surface area contributed by atoms with Gasteiger partial charge >= 0.3 is 0 Å². The lowest BCUT2D eigenvalue weighted by molar-refractivity contribution is 0.0948. The van der Waals surface area contributed by atoms with Crippen LogP contribution in [0.4, 0.5) is 5.69 Å². The molecular weight excluding hydrogens is 264 g/mol. The number of carbonyl (C=O) groups excluding carboxylic acids is 1. The first-order chi connectivity index (χ1) is 10.1. The SMILES string of the molecule is COc1ccc(N)cc1C(=O)NCC(C)c1ccccc1. The Labute approximate surface area is 124 Å². The first-order valence-electron chi connectivity index (χ1n) is 6.88. The summed E-state index contributed by atoms with van der Waals surface area (Å²) in [6, 6.07) is 15.1. The number of nitrogens with one attached hydrogen (secondary N) is 1. The van der Waals surface area contributed by atoms with Gasteiger partial charge in [-0.3, -0.25) is 4.79 Å². The molecular formula is C17H20N2O2. The second-order valence-electron chi connectivity index (χ2n) is 4.98. The molecule has 0 heterocycles. The maximum absolute atomic E-state index is 12.3. The predicted molar refractivity (Wildman–Crippen MR) is 84.6 cm³/mol. The first-order valence-corrected chi connectivity index (χ1v) is 6.88. The highest BCUT2D eigenvalue weighted by Gasteiger charge is 2.14. The molecule has 1 unspecified atom stereocenters. The van der Waals surface area contributed by atoms with Gasteiger partial charge < -0.3 is 15.8 Å². The highest BCUT2D eigenvalue weighted by molar-refractivity contribution is 5.97. The van der Waals surface area contributed by atoms with Gasteiger partial charge in [-0.1, -0.05) is 37.3 Å². The molecule has 0 aliphatic heterocycles. The summed E-state index contributed by atoms with van der Waals surface area (Å²) in [4.78, 5) is 12.3. The molecule has 2 rings (SSSR count). The fraction of sp³-hybridized carbons (Fsp3) is 0.235. The van der Waals surface area contributed by atoms with Crippen LogP contribution in [-0.4, -0.2) is 19.6 Å². The van der Waals surface area contributed by atoms with Crippen molar-refractivity contribution in [2.45, 2.75) is 12.8 Å². The summed E-state index contributed by atoms with van der Waals surface area (Å²) in [5.74, 6) is 0.582. The molecule has 110 valence electrons. The molecule has 0 saturated carbocycles. The van der Waals surface area contributed by atoms with Crippen molar-refractivity contribution in [1.82, 2.24) is 5.32 Å². The number of rotatable bonds is 5. The smallest absolute Gasteiger partial charge is 0.255 e. The van der Waals surface area contributed by atoms with Gasteiger partial charge in [-0.05, 0) is 29.7 Å². The molecule has 0 radical (unpaired) electrons. The highest BCUT2D eigenvalue weighted by atomic mass is 16.5. The van der Waals surface area contributed by atoms with Crippen LogP contribution in [0.5, 0.6) is 5.75 Å². The molecule has 3 N–H and O–H groups in total. The Hall–Kier alpha value is -2.49. The van der Waals surface area contributed by atoms with E-state index in [1.807, 2.05) is 18.2 Å². The van der Waals surface area contributed by atoms with Crippen LogP contribution in [0.25, 0.3) is 0 Å². The number of carbonyl (C=O) groups is 1. The Morgan fingerprint density at radius 1 is 1.24 bits per heavy atom. The minimum atomic E-state index is -0.179. The number of methoxy groups -OCH3 is 1. The lowest BCUT2D eigenvalue weighted by Gasteiger charge is -2.14. The van der Waals surface area contributed by atoms with Gasteiger partial charge in [-0.15, -0.1) is 0 Å². The van der Waals surface area contributed by atoms with Crippen molar-refractivity contribution in [3.8, 4) is 5.75 Å². The van der Waals surface area contributed by atoms with Crippen molar-refractivity contribution in [2.75, 3.05) is 19.4 Å². The Bertz CT molecular complexity index is 611. The van der Waals surface area contributed by atoms with Crippen molar-refractivity contribution in [1.29, 1.82) is 0 Å². The third kappa shape index (κ3) is 3.75. The molecule has 0 bridgehead atoms. The van der Waals surface area contributed by atoms with Crippen LogP contribution < -0.4 is 15.8 Å². The summed E-state index contributed by atoms with van der Waals surface area (Å²) < 4.78 is 5.20. The van der Waals surface area contributed by atoms with Crippen molar-refractivity contribution in [3.05, 3.63) is 59.7 Å². The van der Waals surface area contributed by atoms with Crippen LogP contribution in [0.2, 0.25) is 0 Å². The molecule has 2 aromatic rings. The zero-order valence-corrected chi connectivity index (χ0v) is 12.3. The van der Waals surface area contributed by atoms with Crippen LogP contribution in [0.15, 0.2) is 48.5 Å². The Balaban J connectivity index is 2.04. The third-order valence-electron chi connectivity index (χ3n) is 3.41. The number of benzene rings is 2. The Kier molecular flexibility index (Phi) is 4.82. The number of amides is 1. The number of hydrogen-bond acceptors (Lipinski definition) is 3. The minimum Gasteiger partial charge on any atom is -0.496 e. The molecule has 4 heteroatoms. The quantitative estimate of drug-likeness (QED) is 0.830. The zero-order chi connectivity index (χ0) is 15.2. The van der Waals surface area contributed by atoms with E-state index in [0.717, 1.165) is 0 Å². The molecule has 0 fully saturated rings. The van der Waals surface area contributed by atoms with Crippen LogP contribution in [0.1, 0.15) is 28.8 Å². The molecule has 0 saturated heterocycles. The van der Waals surface area contributed by atoms with Gasteiger partial charge in [-0.25, -0.2) is 0 Å². The summed E-state index contributed by atoms with van der Waals surface area (Å²) >= 11 is 0. The molecule has 2 aromatic carbocycles. The van der Waals surface area contributed by atoms with E-state index in [1.54, 1.807) is 18.2 Å². The number of ether oxygens (including phenoxy) is 1. The van der Waals surface area contributed by atoms with Gasteiger partial charge in [-0.2, -0.15) is 0 Å². The molecule has 4 nitrogen and oxygen atoms in total. The molecule has 1 atom stereocenters. The fourth-order valence-electron chi connectivity index (χ4n) is 2.14. The Morgan fingerprint density at radius 2 is 1.95 bits per heavy atom. The zero-order valence-electron chi connectivity index (χ0n) is 12.3. The number of hydrogen-bond donors (Lipinski definition) is 2. The molecule has 21 heavy (non-hydrogen) atoms. The fourth-order valence-corrected chi connectivity index (χ4v) is 2.14. The lowest BCUT2D eigenvalue weighted by Crippen LogP contribution is -2.28. The topological polar surface area (TPSA) is 64.3 Å². The standard InChI is InChI=1S/C17H20N2O2/c1-12(13-6-4-3-5-7-13)11-19-17(20)15-10-14(18)8-9-16(15)21-2/h3-10,12H,11,18H2,1-2H3,(H,19,20). The summed E-state index contributed by atoms with van der Waals surface area (Å²) in [5, 5.41) is 2.92. The van der Waals surface area contributed by atoms with E-state index in [9.17, 15) is 4.79 Å². The van der Waals surface area contributed by atoms with Gasteiger partial charge in [0.25, 0.3) is 5.91 Å². The van der Waals surface area contributed by atoms with Crippen molar-refractivity contribution in [2.24, 2.45) is 0 Å². The minimum absolute atomic E-state index is 0.179. The maximum atomic E-state index is 12.3. The summed E-state index contributed by atoms with van der Waals surface area (Å²) in [5.41, 5.74) is 7.92. The van der Waals surface area contributed by atoms with Gasteiger partial charge in [0.1, 0.15) is 5.75 Å². The van der Waals surface area contributed by atoms with Gasteiger partial charge in [0.05, 0.1) is 12.7 Å². The number of nitrogen functional groups attached to an aromatic ring is 1. The van der Waals surface area contributed by atoms with Crippen LogP contribution in [0, 0.1) is 0 Å². The van der Waals surface area contributed by atoms with E-state index < -0.39 is 0 Å². The average molecular weight is 284 g/mol. The van der Waals surface area contributed by atoms with Crippen LogP contribution in [0.3, 0.4) is 0 Å². The van der Waals surface area contributed by atoms with Crippen LogP contribution in [-0.2, 0) is 0 Å². The molecule has 0 aliphatic carbocycles. The van der Waals surface area contributed by atoms with Crippen molar-refractivity contribution >= 4 is 11.6 Å². The Morgan fingerprint density at radius 3 is 2.62 bits per heavy atom. The third-order valence-corrected chi connectivity index (χ3v) is 3.41. The van der Waals surface area contributed by atoms with E-state index in [1.165, 1.54) is 12.7 Å². The van der Waals surface area contributed by atoms with E-state index >= 15 is 0 Å². The van der Waals surface area contributed by atoms with E-state index in [-0.39, 0.29) is 11.8 Å². The highest BCUT2D eigenvalue weighted by Crippen LogP contribution is 2.21. The second-order valence-corrected chi connectivity index (χ2v) is 4.98. The van der Waals surface area contributed by atoms with Gasteiger partial charge in [0, 0.05) is 12.2 Å². The lowest BCUT2D eigenvalue weighted by atomic mass is 10.0. The van der Waals surface area contributed by atoms with E-state index in [4.69, 9.17) is 10.5 Å². The molecule has 0 aromatic heterocycles. The summed E-state index contributed by atoms with van der Waals surface area (Å²) in [6.45, 7) is 2.63. The average Bonchev–Trinajstić information content (AvgIpc) is 2.53. The normalized spacial score (nSPS) is 11.7. The largest absolute Gasteiger partial charge is 0.496 e. The summed E-state index contributed by atoms with van der Waals surface area (Å²) in [7, 11) is 1.54.